The predicted octanol–water partition coefficient (Wildman–Crippen LogP) is 3.52. The summed E-state index contributed by atoms with van der Waals surface area (Å²) in [6.45, 7) is 0. The van der Waals surface area contributed by atoms with E-state index in [1.807, 2.05) is 12.1 Å². The number of aromatic nitrogens is 4. The highest BCUT2D eigenvalue weighted by atomic mass is 16.6. The molecule has 6 nitrogen and oxygen atoms in total. The fourth-order valence-corrected chi connectivity index (χ4v) is 4.04. The number of hydrogen-bond donors (Lipinski definition) is 1. The summed E-state index contributed by atoms with van der Waals surface area (Å²) in [6, 6.07) is 12.5. The first-order chi connectivity index (χ1) is 13.8. The van der Waals surface area contributed by atoms with Crippen LogP contribution in [0, 0.1) is 5.92 Å². The Labute approximate surface area is 163 Å². The fourth-order valence-electron chi connectivity index (χ4n) is 4.04. The van der Waals surface area contributed by atoms with Gasteiger partial charge in [-0.05, 0) is 24.5 Å². The second-order valence-corrected chi connectivity index (χ2v) is 7.34. The van der Waals surface area contributed by atoms with E-state index >= 15 is 0 Å². The number of H-pyrrole nitrogens is 1. The third kappa shape index (κ3) is 2.72. The van der Waals surface area contributed by atoms with Crippen LogP contribution in [0.2, 0.25) is 0 Å². The molecule has 2 aliphatic rings. The number of nitrogens with one attached hydrogen (secondary N) is 1. The zero-order valence-electron chi connectivity index (χ0n) is 15.7. The molecule has 5 rings (SSSR count). The van der Waals surface area contributed by atoms with Crippen LogP contribution < -0.4 is 0 Å². The molecule has 2 aromatic heterocycles. The molecular weight excluding hydrogens is 350 g/mol. The number of hydrogen-bond acceptors (Lipinski definition) is 5. The van der Waals surface area contributed by atoms with Crippen LogP contribution in [-0.2, 0) is 16.7 Å². The predicted molar refractivity (Wildman–Crippen MR) is 107 cm³/mol. The SMILES string of the molecule is CON=C(c1n[nH]c2c1C=CC(c1ccccc1)(c1ccncn1)C2)C1CC1. The summed E-state index contributed by atoms with van der Waals surface area (Å²) in [7, 11) is 1.59. The molecule has 0 aliphatic heterocycles. The van der Waals surface area contributed by atoms with Crippen molar-refractivity contribution in [1.82, 2.24) is 20.2 Å². The molecule has 2 aliphatic carbocycles. The normalized spacial score (nSPS) is 21.4. The van der Waals surface area contributed by atoms with E-state index in [1.54, 1.807) is 19.6 Å². The molecule has 1 saturated carbocycles. The summed E-state index contributed by atoms with van der Waals surface area (Å²) < 4.78 is 0. The van der Waals surface area contributed by atoms with E-state index < -0.39 is 0 Å². The quantitative estimate of drug-likeness (QED) is 0.550. The molecule has 1 fully saturated rings. The van der Waals surface area contributed by atoms with Gasteiger partial charge in [-0.1, -0.05) is 47.6 Å². The molecule has 0 bridgehead atoms. The van der Waals surface area contributed by atoms with Crippen molar-refractivity contribution in [3.63, 3.8) is 0 Å². The van der Waals surface area contributed by atoms with E-state index in [4.69, 9.17) is 4.84 Å². The number of fused-ring (bicyclic) bond motifs is 1. The van der Waals surface area contributed by atoms with E-state index in [0.717, 1.165) is 47.6 Å². The minimum absolute atomic E-state index is 0.362. The van der Waals surface area contributed by atoms with E-state index in [2.05, 4.69) is 61.7 Å². The van der Waals surface area contributed by atoms with Gasteiger partial charge >= 0.3 is 0 Å². The van der Waals surface area contributed by atoms with Crippen molar-refractivity contribution in [2.24, 2.45) is 11.1 Å². The van der Waals surface area contributed by atoms with Crippen molar-refractivity contribution in [2.75, 3.05) is 7.11 Å². The molecule has 1 aromatic carbocycles. The number of nitrogens with zero attached hydrogens (tertiary/aromatic N) is 4. The van der Waals surface area contributed by atoms with Crippen LogP contribution in [-0.4, -0.2) is 33.0 Å². The summed E-state index contributed by atoms with van der Waals surface area (Å²) in [4.78, 5) is 13.8. The zero-order valence-corrected chi connectivity index (χ0v) is 15.7. The molecule has 0 radical (unpaired) electrons. The first kappa shape index (κ1) is 16.9. The smallest absolute Gasteiger partial charge is 0.117 e. The molecule has 1 unspecified atom stereocenters. The Balaban J connectivity index is 1.62. The van der Waals surface area contributed by atoms with Gasteiger partial charge in [-0.2, -0.15) is 5.10 Å². The van der Waals surface area contributed by atoms with E-state index in [-0.39, 0.29) is 5.41 Å². The molecule has 140 valence electrons. The molecule has 6 heteroatoms. The summed E-state index contributed by atoms with van der Waals surface area (Å²) in [5.41, 5.74) is 5.84. The maximum absolute atomic E-state index is 5.09. The monoisotopic (exact) mass is 371 g/mol. The average molecular weight is 371 g/mol. The Bertz CT molecular complexity index is 996. The second-order valence-electron chi connectivity index (χ2n) is 7.34. The van der Waals surface area contributed by atoms with Crippen molar-refractivity contribution < 1.29 is 4.84 Å². The first-order valence-electron chi connectivity index (χ1n) is 9.52. The third-order valence-electron chi connectivity index (χ3n) is 5.60. The van der Waals surface area contributed by atoms with Gasteiger partial charge in [0, 0.05) is 29.8 Å². The van der Waals surface area contributed by atoms with Crippen LogP contribution in [0.15, 0.2) is 60.2 Å². The fraction of sp³-hybridized carbons (Fsp3) is 0.273. The maximum Gasteiger partial charge on any atom is 0.117 e. The van der Waals surface area contributed by atoms with Crippen LogP contribution in [0.1, 0.15) is 41.1 Å². The molecule has 0 saturated heterocycles. The molecule has 0 amide bonds. The van der Waals surface area contributed by atoms with Gasteiger partial charge in [-0.15, -0.1) is 0 Å². The van der Waals surface area contributed by atoms with Crippen molar-refractivity contribution in [1.29, 1.82) is 0 Å². The number of aromatic amines is 1. The minimum Gasteiger partial charge on any atom is -0.399 e. The van der Waals surface area contributed by atoms with Crippen LogP contribution in [0.25, 0.3) is 6.08 Å². The maximum atomic E-state index is 5.09. The van der Waals surface area contributed by atoms with Gasteiger partial charge in [0.1, 0.15) is 24.8 Å². The highest BCUT2D eigenvalue weighted by Crippen LogP contribution is 2.42. The van der Waals surface area contributed by atoms with Crippen LogP contribution in [0.3, 0.4) is 0 Å². The molecule has 1 atom stereocenters. The highest BCUT2D eigenvalue weighted by Gasteiger charge is 2.39. The molecule has 28 heavy (non-hydrogen) atoms. The zero-order chi connectivity index (χ0) is 19.0. The van der Waals surface area contributed by atoms with Crippen molar-refractivity contribution in [3.8, 4) is 0 Å². The minimum atomic E-state index is -0.362. The van der Waals surface area contributed by atoms with Crippen molar-refractivity contribution in [2.45, 2.75) is 24.7 Å². The van der Waals surface area contributed by atoms with Gasteiger partial charge in [-0.3, -0.25) is 5.10 Å². The Morgan fingerprint density at radius 1 is 1.21 bits per heavy atom. The van der Waals surface area contributed by atoms with Gasteiger partial charge < -0.3 is 4.84 Å². The standard InChI is InChI=1S/C22H21N5O/c1-28-27-20(15-7-8-15)21-17-9-11-22(13-18(17)25-26-21,16-5-3-2-4-6-16)19-10-12-23-14-24-19/h2-6,9-12,14-15H,7-8,13H2,1H3,(H,25,26). The lowest BCUT2D eigenvalue weighted by Gasteiger charge is -2.33. The lowest BCUT2D eigenvalue weighted by molar-refractivity contribution is 0.212. The molecule has 0 spiro atoms. The number of allylic oxidation sites excluding steroid dienone is 1. The van der Waals surface area contributed by atoms with Crippen LogP contribution in [0.4, 0.5) is 0 Å². The Kier molecular flexibility index (Phi) is 4.04. The van der Waals surface area contributed by atoms with E-state index in [0.29, 0.717) is 5.92 Å². The summed E-state index contributed by atoms with van der Waals surface area (Å²) in [5.74, 6) is 0.448. The lowest BCUT2D eigenvalue weighted by atomic mass is 9.70. The van der Waals surface area contributed by atoms with E-state index in [1.165, 1.54) is 5.56 Å². The van der Waals surface area contributed by atoms with Crippen molar-refractivity contribution >= 4 is 11.8 Å². The summed E-state index contributed by atoms with van der Waals surface area (Å²) >= 11 is 0. The largest absolute Gasteiger partial charge is 0.399 e. The Morgan fingerprint density at radius 3 is 2.79 bits per heavy atom. The number of oxime groups is 1. The average Bonchev–Trinajstić information content (AvgIpc) is 3.52. The Hall–Kier alpha value is -3.28. The van der Waals surface area contributed by atoms with Crippen LogP contribution in [0.5, 0.6) is 0 Å². The summed E-state index contributed by atoms with van der Waals surface area (Å²) in [6.07, 6.45) is 10.8. The van der Waals surface area contributed by atoms with Crippen LogP contribution >= 0.6 is 0 Å². The number of benzene rings is 1. The number of rotatable bonds is 5. The van der Waals surface area contributed by atoms with Gasteiger partial charge in [-0.25, -0.2) is 9.97 Å². The molecular formula is C22H21N5O. The van der Waals surface area contributed by atoms with E-state index in [9.17, 15) is 0 Å². The lowest BCUT2D eigenvalue weighted by Crippen LogP contribution is -2.31. The van der Waals surface area contributed by atoms with Gasteiger partial charge in [0.25, 0.3) is 0 Å². The van der Waals surface area contributed by atoms with Gasteiger partial charge in [0.05, 0.1) is 11.1 Å². The summed E-state index contributed by atoms with van der Waals surface area (Å²) in [5, 5.41) is 12.1. The van der Waals surface area contributed by atoms with Gasteiger partial charge in [0.2, 0.25) is 0 Å². The molecule has 3 aromatic rings. The Morgan fingerprint density at radius 2 is 2.07 bits per heavy atom. The highest BCUT2D eigenvalue weighted by molar-refractivity contribution is 6.04. The third-order valence-corrected chi connectivity index (χ3v) is 5.60. The second kappa shape index (κ2) is 6.71. The molecule has 2 heterocycles. The first-order valence-corrected chi connectivity index (χ1v) is 9.52. The molecule has 1 N–H and O–H groups in total. The topological polar surface area (TPSA) is 76.1 Å². The van der Waals surface area contributed by atoms with Gasteiger partial charge in [0.15, 0.2) is 0 Å². The van der Waals surface area contributed by atoms with Crippen molar-refractivity contribution in [3.05, 3.63) is 83.2 Å².